The molecular formula is C14H18N2O2. The van der Waals surface area contributed by atoms with E-state index in [1.54, 1.807) is 5.48 Å². The minimum absolute atomic E-state index is 0.429. The predicted octanol–water partition coefficient (Wildman–Crippen LogP) is 1.71. The first kappa shape index (κ1) is 12.8. The Morgan fingerprint density at radius 2 is 1.94 bits per heavy atom. The van der Waals surface area contributed by atoms with Crippen LogP contribution in [0.3, 0.4) is 0 Å². The maximum Gasteiger partial charge on any atom is 0.267 e. The van der Waals surface area contributed by atoms with Gasteiger partial charge in [0, 0.05) is 25.7 Å². The second-order valence-electron chi connectivity index (χ2n) is 4.54. The molecule has 0 radical (unpaired) electrons. The first-order valence-electron chi connectivity index (χ1n) is 6.18. The fourth-order valence-corrected chi connectivity index (χ4v) is 2.20. The molecule has 1 heterocycles. The molecule has 0 saturated carbocycles. The van der Waals surface area contributed by atoms with Gasteiger partial charge in [0.2, 0.25) is 0 Å². The lowest BCUT2D eigenvalue weighted by Crippen LogP contribution is -2.30. The molecule has 0 spiro atoms. The van der Waals surface area contributed by atoms with Crippen molar-refractivity contribution in [3.8, 4) is 0 Å². The van der Waals surface area contributed by atoms with Gasteiger partial charge in [-0.2, -0.15) is 0 Å². The minimum atomic E-state index is -0.429. The molecule has 0 aromatic heterocycles. The Bertz CT molecular complexity index is 419. The molecule has 1 aromatic rings. The topological polar surface area (TPSA) is 52.6 Å². The first-order chi connectivity index (χ1) is 8.78. The van der Waals surface area contributed by atoms with E-state index in [-0.39, 0.29) is 0 Å². The molecular weight excluding hydrogens is 228 g/mol. The molecule has 96 valence electrons. The summed E-state index contributed by atoms with van der Waals surface area (Å²) in [6, 6.07) is 10.4. The number of hydrogen-bond donors (Lipinski definition) is 2. The number of rotatable bonds is 3. The summed E-state index contributed by atoms with van der Waals surface area (Å²) < 4.78 is 0. The van der Waals surface area contributed by atoms with Crippen LogP contribution >= 0.6 is 0 Å². The molecule has 0 bridgehead atoms. The molecule has 1 aliphatic heterocycles. The van der Waals surface area contributed by atoms with Gasteiger partial charge >= 0.3 is 0 Å². The van der Waals surface area contributed by atoms with Crippen LogP contribution in [0.5, 0.6) is 0 Å². The summed E-state index contributed by atoms with van der Waals surface area (Å²) in [6.45, 7) is 2.87. The molecule has 1 aliphatic rings. The molecule has 2 rings (SSSR count). The number of amides is 1. The maximum absolute atomic E-state index is 11.0. The van der Waals surface area contributed by atoms with E-state index in [9.17, 15) is 4.79 Å². The van der Waals surface area contributed by atoms with Crippen LogP contribution in [0, 0.1) is 0 Å². The molecule has 1 saturated heterocycles. The van der Waals surface area contributed by atoms with Crippen molar-refractivity contribution in [1.29, 1.82) is 0 Å². The van der Waals surface area contributed by atoms with E-state index in [0.29, 0.717) is 0 Å². The fourth-order valence-electron chi connectivity index (χ4n) is 2.20. The van der Waals surface area contributed by atoms with E-state index in [2.05, 4.69) is 29.2 Å². The van der Waals surface area contributed by atoms with Crippen LogP contribution in [0.15, 0.2) is 42.0 Å². The van der Waals surface area contributed by atoms with Crippen molar-refractivity contribution in [3.05, 3.63) is 47.5 Å². The SMILES string of the molecule is O=C(C=C1CCN(Cc2ccccc2)CC1)NO. The number of hydroxylamine groups is 1. The van der Waals surface area contributed by atoms with Gasteiger partial charge in [0.1, 0.15) is 0 Å². The third-order valence-corrected chi connectivity index (χ3v) is 3.19. The monoisotopic (exact) mass is 246 g/mol. The molecule has 4 nitrogen and oxygen atoms in total. The van der Waals surface area contributed by atoms with Gasteiger partial charge in [-0.05, 0) is 18.4 Å². The Kier molecular flexibility index (Phi) is 4.50. The van der Waals surface area contributed by atoms with Gasteiger partial charge < -0.3 is 0 Å². The molecule has 18 heavy (non-hydrogen) atoms. The highest BCUT2D eigenvalue weighted by molar-refractivity contribution is 5.87. The van der Waals surface area contributed by atoms with Crippen molar-refractivity contribution in [2.75, 3.05) is 13.1 Å². The van der Waals surface area contributed by atoms with Gasteiger partial charge in [0.25, 0.3) is 5.91 Å². The van der Waals surface area contributed by atoms with Crippen LogP contribution in [-0.4, -0.2) is 29.1 Å². The van der Waals surface area contributed by atoms with E-state index < -0.39 is 5.91 Å². The Morgan fingerprint density at radius 3 is 2.56 bits per heavy atom. The number of piperidine rings is 1. The van der Waals surface area contributed by atoms with Crippen molar-refractivity contribution in [2.45, 2.75) is 19.4 Å². The van der Waals surface area contributed by atoms with E-state index in [0.717, 1.165) is 38.0 Å². The molecule has 0 aliphatic carbocycles. The van der Waals surface area contributed by atoms with Gasteiger partial charge in [-0.15, -0.1) is 0 Å². The number of hydrogen-bond acceptors (Lipinski definition) is 3. The second kappa shape index (κ2) is 6.33. The maximum atomic E-state index is 11.0. The zero-order valence-corrected chi connectivity index (χ0v) is 10.3. The molecule has 0 atom stereocenters. The van der Waals surface area contributed by atoms with Crippen molar-refractivity contribution in [1.82, 2.24) is 10.4 Å². The lowest BCUT2D eigenvalue weighted by molar-refractivity contribution is -0.124. The normalized spacial score (nSPS) is 16.4. The molecule has 0 unspecified atom stereocenters. The summed E-state index contributed by atoms with van der Waals surface area (Å²) in [5.74, 6) is -0.429. The van der Waals surface area contributed by atoms with Gasteiger partial charge in [0.05, 0.1) is 0 Å². The van der Waals surface area contributed by atoms with Crippen molar-refractivity contribution in [2.24, 2.45) is 0 Å². The summed E-state index contributed by atoms with van der Waals surface area (Å²) in [4.78, 5) is 13.4. The number of nitrogens with zero attached hydrogens (tertiary/aromatic N) is 1. The Labute approximate surface area is 107 Å². The van der Waals surface area contributed by atoms with E-state index >= 15 is 0 Å². The van der Waals surface area contributed by atoms with Crippen LogP contribution in [0.2, 0.25) is 0 Å². The van der Waals surface area contributed by atoms with Gasteiger partial charge in [-0.25, -0.2) is 5.48 Å². The lowest BCUT2D eigenvalue weighted by atomic mass is 10.0. The van der Waals surface area contributed by atoms with Crippen molar-refractivity contribution >= 4 is 5.91 Å². The lowest BCUT2D eigenvalue weighted by Gasteiger charge is -2.28. The fraction of sp³-hybridized carbons (Fsp3) is 0.357. The van der Waals surface area contributed by atoms with Gasteiger partial charge in [-0.1, -0.05) is 35.9 Å². The average molecular weight is 246 g/mol. The quantitative estimate of drug-likeness (QED) is 0.485. The predicted molar refractivity (Wildman–Crippen MR) is 69.0 cm³/mol. The van der Waals surface area contributed by atoms with Crippen LogP contribution in [0.25, 0.3) is 0 Å². The van der Waals surface area contributed by atoms with Crippen molar-refractivity contribution < 1.29 is 10.0 Å². The largest absolute Gasteiger partial charge is 0.298 e. The van der Waals surface area contributed by atoms with Crippen molar-refractivity contribution in [3.63, 3.8) is 0 Å². The summed E-state index contributed by atoms with van der Waals surface area (Å²) in [7, 11) is 0. The zero-order chi connectivity index (χ0) is 12.8. The van der Waals surface area contributed by atoms with Crippen LogP contribution < -0.4 is 5.48 Å². The third-order valence-electron chi connectivity index (χ3n) is 3.19. The Hall–Kier alpha value is -1.65. The van der Waals surface area contributed by atoms with E-state index in [1.807, 2.05) is 6.07 Å². The summed E-state index contributed by atoms with van der Waals surface area (Å²) >= 11 is 0. The number of likely N-dealkylation sites (tertiary alicyclic amines) is 1. The molecule has 1 amide bonds. The summed E-state index contributed by atoms with van der Waals surface area (Å²) in [5, 5.41) is 8.46. The summed E-state index contributed by atoms with van der Waals surface area (Å²) in [5.41, 5.74) is 4.05. The summed E-state index contributed by atoms with van der Waals surface area (Å²) in [6.07, 6.45) is 3.28. The minimum Gasteiger partial charge on any atom is -0.298 e. The number of nitrogens with one attached hydrogen (secondary N) is 1. The Balaban J connectivity index is 1.84. The Morgan fingerprint density at radius 1 is 1.28 bits per heavy atom. The molecule has 1 aromatic carbocycles. The highest BCUT2D eigenvalue weighted by Gasteiger charge is 2.14. The molecule has 4 heteroatoms. The van der Waals surface area contributed by atoms with E-state index in [4.69, 9.17) is 5.21 Å². The standard InChI is InChI=1S/C14H18N2O2/c17-14(15-18)10-12-6-8-16(9-7-12)11-13-4-2-1-3-5-13/h1-5,10,18H,6-9,11H2,(H,15,17). The van der Waals surface area contributed by atoms with Crippen LogP contribution in [-0.2, 0) is 11.3 Å². The smallest absolute Gasteiger partial charge is 0.267 e. The van der Waals surface area contributed by atoms with E-state index in [1.165, 1.54) is 11.6 Å². The average Bonchev–Trinajstić information content (AvgIpc) is 2.42. The molecule has 1 fully saturated rings. The highest BCUT2D eigenvalue weighted by Crippen LogP contribution is 2.17. The first-order valence-corrected chi connectivity index (χ1v) is 6.18. The number of carbonyl (C=O) groups is 1. The number of benzene rings is 1. The van der Waals surface area contributed by atoms with Crippen LogP contribution in [0.4, 0.5) is 0 Å². The highest BCUT2D eigenvalue weighted by atomic mass is 16.5. The van der Waals surface area contributed by atoms with Crippen LogP contribution in [0.1, 0.15) is 18.4 Å². The number of carbonyl (C=O) groups excluding carboxylic acids is 1. The van der Waals surface area contributed by atoms with Gasteiger partial charge in [-0.3, -0.25) is 14.9 Å². The third kappa shape index (κ3) is 3.68. The zero-order valence-electron chi connectivity index (χ0n) is 10.3. The molecule has 2 N–H and O–H groups in total. The van der Waals surface area contributed by atoms with Gasteiger partial charge in [0.15, 0.2) is 0 Å². The second-order valence-corrected chi connectivity index (χ2v) is 4.54.